The van der Waals surface area contributed by atoms with Crippen LogP contribution >= 0.6 is 0 Å². The zero-order chi connectivity index (χ0) is 21.7. The van der Waals surface area contributed by atoms with Crippen LogP contribution in [0.1, 0.15) is 13.3 Å². The highest BCUT2D eigenvalue weighted by molar-refractivity contribution is 7.90. The van der Waals surface area contributed by atoms with Crippen LogP contribution in [0.15, 0.2) is 76.6 Å². The average molecular weight is 428 g/mol. The molecule has 0 spiro atoms. The van der Waals surface area contributed by atoms with Crippen molar-refractivity contribution in [1.29, 1.82) is 0 Å². The van der Waals surface area contributed by atoms with E-state index >= 15 is 0 Å². The van der Waals surface area contributed by atoms with Crippen molar-refractivity contribution in [3.63, 3.8) is 0 Å². The SMILES string of the molecule is CC=CCCOc1c(-c2ccc(S(C)(=O)=O)cc2)cnn(-c2ccc(F)cc2)c1=O. The minimum absolute atomic E-state index is 0.0888. The van der Waals surface area contributed by atoms with Gasteiger partial charge < -0.3 is 4.74 Å². The Kier molecular flexibility index (Phi) is 6.47. The summed E-state index contributed by atoms with van der Waals surface area (Å²) in [5.41, 5.74) is 0.948. The van der Waals surface area contributed by atoms with Gasteiger partial charge in [0.1, 0.15) is 5.82 Å². The van der Waals surface area contributed by atoms with Crippen LogP contribution in [0, 0.1) is 5.82 Å². The molecule has 0 N–H and O–H groups in total. The number of rotatable bonds is 7. The van der Waals surface area contributed by atoms with Gasteiger partial charge in [0.25, 0.3) is 0 Å². The molecule has 0 amide bonds. The maximum atomic E-state index is 13.2. The summed E-state index contributed by atoms with van der Waals surface area (Å²) in [6, 6.07) is 11.5. The van der Waals surface area contributed by atoms with Gasteiger partial charge >= 0.3 is 5.56 Å². The maximum absolute atomic E-state index is 13.2. The van der Waals surface area contributed by atoms with Gasteiger partial charge in [-0.25, -0.2) is 12.8 Å². The molecular formula is C22H21FN2O4S. The minimum atomic E-state index is -3.34. The van der Waals surface area contributed by atoms with Gasteiger partial charge in [-0.3, -0.25) is 4.79 Å². The first-order chi connectivity index (χ1) is 14.3. The van der Waals surface area contributed by atoms with Crippen LogP contribution in [0.2, 0.25) is 0 Å². The number of aromatic nitrogens is 2. The van der Waals surface area contributed by atoms with Gasteiger partial charge in [0.2, 0.25) is 0 Å². The molecule has 0 aliphatic rings. The van der Waals surface area contributed by atoms with Crippen molar-refractivity contribution in [2.24, 2.45) is 0 Å². The molecule has 3 rings (SSSR count). The molecule has 3 aromatic rings. The average Bonchev–Trinajstić information content (AvgIpc) is 2.72. The summed E-state index contributed by atoms with van der Waals surface area (Å²) in [6.45, 7) is 2.17. The Balaban J connectivity index is 2.08. The van der Waals surface area contributed by atoms with E-state index in [1.54, 1.807) is 12.1 Å². The monoisotopic (exact) mass is 428 g/mol. The number of ether oxygens (including phenoxy) is 1. The van der Waals surface area contributed by atoms with Gasteiger partial charge in [-0.15, -0.1) is 0 Å². The number of sulfone groups is 1. The van der Waals surface area contributed by atoms with Crippen LogP contribution < -0.4 is 10.3 Å². The molecule has 1 aromatic heterocycles. The fourth-order valence-electron chi connectivity index (χ4n) is 2.83. The predicted molar refractivity (Wildman–Crippen MR) is 113 cm³/mol. The van der Waals surface area contributed by atoms with Gasteiger partial charge in [-0.2, -0.15) is 9.78 Å². The minimum Gasteiger partial charge on any atom is -0.487 e. The molecule has 0 unspecified atom stereocenters. The fourth-order valence-corrected chi connectivity index (χ4v) is 3.46. The summed E-state index contributed by atoms with van der Waals surface area (Å²) in [5.74, 6) is -0.330. The molecule has 1 heterocycles. The summed E-state index contributed by atoms with van der Waals surface area (Å²) in [4.78, 5) is 13.3. The van der Waals surface area contributed by atoms with Crippen LogP contribution in [0.3, 0.4) is 0 Å². The van der Waals surface area contributed by atoms with Gasteiger partial charge in [-0.1, -0.05) is 24.3 Å². The van der Waals surface area contributed by atoms with Gasteiger partial charge in [0.15, 0.2) is 15.6 Å². The van der Waals surface area contributed by atoms with Crippen molar-refractivity contribution in [2.45, 2.75) is 18.2 Å². The smallest absolute Gasteiger partial charge is 0.314 e. The van der Waals surface area contributed by atoms with Crippen molar-refractivity contribution >= 4 is 9.84 Å². The molecular weight excluding hydrogens is 407 g/mol. The molecule has 0 aliphatic carbocycles. The van der Waals surface area contributed by atoms with Crippen LogP contribution in [0.4, 0.5) is 4.39 Å². The Hall–Kier alpha value is -3.26. The molecule has 30 heavy (non-hydrogen) atoms. The van der Waals surface area contributed by atoms with Crippen LogP contribution in [0.25, 0.3) is 16.8 Å². The Morgan fingerprint density at radius 2 is 1.77 bits per heavy atom. The molecule has 0 saturated carbocycles. The Morgan fingerprint density at radius 1 is 1.10 bits per heavy atom. The van der Waals surface area contributed by atoms with Crippen molar-refractivity contribution in [3.05, 3.63) is 83.1 Å². The molecule has 6 nitrogen and oxygen atoms in total. The molecule has 156 valence electrons. The molecule has 0 bridgehead atoms. The highest BCUT2D eigenvalue weighted by Crippen LogP contribution is 2.28. The second kappa shape index (κ2) is 9.04. The predicted octanol–water partition coefficient (Wildman–Crippen LogP) is 3.79. The molecule has 2 aromatic carbocycles. The van der Waals surface area contributed by atoms with Crippen molar-refractivity contribution in [2.75, 3.05) is 12.9 Å². The third-order valence-electron chi connectivity index (χ3n) is 4.36. The second-order valence-electron chi connectivity index (χ2n) is 6.58. The van der Waals surface area contributed by atoms with Crippen molar-refractivity contribution in [3.8, 4) is 22.6 Å². The molecule has 0 saturated heterocycles. The summed E-state index contributed by atoms with van der Waals surface area (Å²) in [6.07, 6.45) is 7.02. The summed E-state index contributed by atoms with van der Waals surface area (Å²) < 4.78 is 43.6. The number of benzene rings is 2. The van der Waals surface area contributed by atoms with Gasteiger partial charge in [0.05, 0.1) is 23.4 Å². The molecule has 8 heteroatoms. The molecule has 0 aliphatic heterocycles. The standard InChI is InChI=1S/C22H21FN2O4S/c1-3-4-5-14-29-21-20(16-6-12-19(13-7-16)30(2,27)28)15-24-25(22(21)26)18-10-8-17(23)9-11-18/h3-4,6-13,15H,5,14H2,1-2H3. The summed E-state index contributed by atoms with van der Waals surface area (Å²) >= 11 is 0. The van der Waals surface area contributed by atoms with E-state index in [4.69, 9.17) is 4.74 Å². The van der Waals surface area contributed by atoms with Crippen molar-refractivity contribution < 1.29 is 17.5 Å². The lowest BCUT2D eigenvalue weighted by atomic mass is 10.1. The Bertz CT molecular complexity index is 1220. The normalized spacial score (nSPS) is 11.7. The molecule has 0 radical (unpaired) electrons. The third kappa shape index (κ3) is 4.83. The summed E-state index contributed by atoms with van der Waals surface area (Å²) in [7, 11) is -3.34. The van der Waals surface area contributed by atoms with Gasteiger partial charge in [-0.05, 0) is 55.3 Å². The third-order valence-corrected chi connectivity index (χ3v) is 5.49. The number of allylic oxidation sites excluding steroid dienone is 1. The largest absolute Gasteiger partial charge is 0.487 e. The number of hydrogen-bond donors (Lipinski definition) is 0. The van der Waals surface area contributed by atoms with Crippen molar-refractivity contribution in [1.82, 2.24) is 9.78 Å². The second-order valence-corrected chi connectivity index (χ2v) is 8.60. The summed E-state index contributed by atoms with van der Waals surface area (Å²) in [5, 5.41) is 4.20. The lowest BCUT2D eigenvalue weighted by molar-refractivity contribution is 0.319. The Labute approximate surface area is 174 Å². The van der Waals surface area contributed by atoms with E-state index < -0.39 is 21.2 Å². The van der Waals surface area contributed by atoms with E-state index in [1.807, 2.05) is 19.1 Å². The van der Waals surface area contributed by atoms with Crippen LogP contribution in [-0.2, 0) is 9.84 Å². The first kappa shape index (κ1) is 21.4. The highest BCUT2D eigenvalue weighted by atomic mass is 32.2. The molecule has 0 fully saturated rings. The number of nitrogens with zero attached hydrogens (tertiary/aromatic N) is 2. The topological polar surface area (TPSA) is 78.3 Å². The van der Waals surface area contributed by atoms with E-state index in [2.05, 4.69) is 5.10 Å². The van der Waals surface area contributed by atoms with E-state index in [-0.39, 0.29) is 17.3 Å². The van der Waals surface area contributed by atoms with E-state index in [1.165, 1.54) is 42.6 Å². The lowest BCUT2D eigenvalue weighted by Crippen LogP contribution is -2.24. The van der Waals surface area contributed by atoms with Crippen LogP contribution in [0.5, 0.6) is 5.75 Å². The fraction of sp³-hybridized carbons (Fsp3) is 0.182. The quantitative estimate of drug-likeness (QED) is 0.423. The lowest BCUT2D eigenvalue weighted by Gasteiger charge is -2.13. The van der Waals surface area contributed by atoms with E-state index in [9.17, 15) is 17.6 Å². The zero-order valence-electron chi connectivity index (χ0n) is 16.6. The number of hydrogen-bond acceptors (Lipinski definition) is 5. The van der Waals surface area contributed by atoms with E-state index in [0.717, 1.165) is 10.9 Å². The molecule has 0 atom stereocenters. The zero-order valence-corrected chi connectivity index (χ0v) is 17.4. The van der Waals surface area contributed by atoms with Gasteiger partial charge in [0, 0.05) is 11.8 Å². The maximum Gasteiger partial charge on any atom is 0.314 e. The first-order valence-electron chi connectivity index (χ1n) is 9.24. The first-order valence-corrected chi connectivity index (χ1v) is 11.1. The Morgan fingerprint density at radius 3 is 2.37 bits per heavy atom. The van der Waals surface area contributed by atoms with Crippen LogP contribution in [-0.4, -0.2) is 31.1 Å². The van der Waals surface area contributed by atoms with E-state index in [0.29, 0.717) is 23.2 Å². The number of halogens is 1. The highest BCUT2D eigenvalue weighted by Gasteiger charge is 2.17.